The van der Waals surface area contributed by atoms with Crippen LogP contribution in [0.2, 0.25) is 0 Å². The molecule has 2 amide bonds. The van der Waals surface area contributed by atoms with E-state index >= 15 is 0 Å². The van der Waals surface area contributed by atoms with E-state index in [2.05, 4.69) is 27.0 Å². The number of nitrogens with zero attached hydrogens (tertiary/aromatic N) is 4. The minimum absolute atomic E-state index is 0.00651. The number of rotatable bonds is 6. The van der Waals surface area contributed by atoms with Crippen molar-refractivity contribution in [2.24, 2.45) is 5.41 Å². The molecule has 3 rings (SSSR count). The summed E-state index contributed by atoms with van der Waals surface area (Å²) in [6, 6.07) is 0.00651. The zero-order valence-electron chi connectivity index (χ0n) is 15.2. The molecule has 2 aliphatic heterocycles. The minimum Gasteiger partial charge on any atom is -0.385 e. The van der Waals surface area contributed by atoms with Crippen molar-refractivity contribution in [3.8, 4) is 0 Å². The quantitative estimate of drug-likeness (QED) is 0.780. The number of methoxy groups -OCH3 is 1. The van der Waals surface area contributed by atoms with E-state index < -0.39 is 0 Å². The van der Waals surface area contributed by atoms with Gasteiger partial charge in [0, 0.05) is 64.4 Å². The molecule has 0 aromatic carbocycles. The van der Waals surface area contributed by atoms with Gasteiger partial charge in [-0.05, 0) is 26.2 Å². The predicted molar refractivity (Wildman–Crippen MR) is 92.4 cm³/mol. The average Bonchev–Trinajstić information content (AvgIpc) is 3.23. The van der Waals surface area contributed by atoms with Crippen LogP contribution in [0.5, 0.6) is 0 Å². The van der Waals surface area contributed by atoms with Crippen LogP contribution < -0.4 is 5.32 Å². The predicted octanol–water partition coefficient (Wildman–Crippen LogP) is 1.24. The molecule has 1 spiro atoms. The molecular formula is C17H29N5O3. The Hall–Kier alpha value is -1.67. The van der Waals surface area contributed by atoms with E-state index in [0.717, 1.165) is 51.4 Å². The standard InChI is InChI=1S/C17H29N5O3/c1-3-21-13-19-20-15(21)14-11-22(16(23)18-7-4-8-24-2)12-17(14)5-9-25-10-6-17/h13-14H,3-12H2,1-2H3,(H,18,23). The monoisotopic (exact) mass is 351 g/mol. The second-order valence-corrected chi connectivity index (χ2v) is 6.96. The fraction of sp³-hybridized carbons (Fsp3) is 0.824. The van der Waals surface area contributed by atoms with Crippen molar-refractivity contribution in [2.45, 2.75) is 38.6 Å². The van der Waals surface area contributed by atoms with Gasteiger partial charge in [-0.15, -0.1) is 10.2 Å². The van der Waals surface area contributed by atoms with E-state index in [1.807, 2.05) is 4.90 Å². The highest BCUT2D eigenvalue weighted by atomic mass is 16.5. The number of hydrogen-bond donors (Lipinski definition) is 1. The van der Waals surface area contributed by atoms with Crippen molar-refractivity contribution < 1.29 is 14.3 Å². The Morgan fingerprint density at radius 3 is 3.00 bits per heavy atom. The van der Waals surface area contributed by atoms with Gasteiger partial charge in [0.1, 0.15) is 12.2 Å². The van der Waals surface area contributed by atoms with Gasteiger partial charge in [0.25, 0.3) is 0 Å². The van der Waals surface area contributed by atoms with Crippen molar-refractivity contribution >= 4 is 6.03 Å². The van der Waals surface area contributed by atoms with Crippen LogP contribution in [-0.4, -0.2) is 72.3 Å². The van der Waals surface area contributed by atoms with E-state index in [1.54, 1.807) is 13.4 Å². The van der Waals surface area contributed by atoms with Gasteiger partial charge in [-0.25, -0.2) is 4.79 Å². The van der Waals surface area contributed by atoms with Crippen molar-refractivity contribution in [1.82, 2.24) is 25.0 Å². The fourth-order valence-corrected chi connectivity index (χ4v) is 4.06. The molecule has 2 fully saturated rings. The van der Waals surface area contributed by atoms with Gasteiger partial charge in [-0.2, -0.15) is 0 Å². The van der Waals surface area contributed by atoms with Gasteiger partial charge < -0.3 is 24.3 Å². The molecule has 3 heterocycles. The molecule has 25 heavy (non-hydrogen) atoms. The molecular weight excluding hydrogens is 322 g/mol. The topological polar surface area (TPSA) is 81.5 Å². The molecule has 0 bridgehead atoms. The number of hydrogen-bond acceptors (Lipinski definition) is 5. The highest BCUT2D eigenvalue weighted by Gasteiger charge is 2.50. The molecule has 0 aliphatic carbocycles. The SMILES string of the molecule is CCn1cnnc1C1CN(C(=O)NCCCOC)CC12CCOCC2. The minimum atomic E-state index is 0.00651. The van der Waals surface area contributed by atoms with Crippen LogP contribution in [0.15, 0.2) is 6.33 Å². The first-order valence-electron chi connectivity index (χ1n) is 9.17. The summed E-state index contributed by atoms with van der Waals surface area (Å²) in [5.74, 6) is 1.21. The zero-order chi connectivity index (χ0) is 17.7. The third-order valence-corrected chi connectivity index (χ3v) is 5.52. The van der Waals surface area contributed by atoms with Crippen LogP contribution >= 0.6 is 0 Å². The maximum atomic E-state index is 12.6. The summed E-state index contributed by atoms with van der Waals surface area (Å²) < 4.78 is 12.7. The number of carbonyl (C=O) groups is 1. The van der Waals surface area contributed by atoms with E-state index in [1.165, 1.54) is 0 Å². The summed E-state index contributed by atoms with van der Waals surface area (Å²) in [5, 5.41) is 11.5. The van der Waals surface area contributed by atoms with Crippen LogP contribution in [0.25, 0.3) is 0 Å². The number of amides is 2. The summed E-state index contributed by atoms with van der Waals surface area (Å²) in [7, 11) is 1.67. The van der Waals surface area contributed by atoms with Gasteiger partial charge in [-0.3, -0.25) is 0 Å². The number of ether oxygens (including phenoxy) is 2. The maximum absolute atomic E-state index is 12.6. The van der Waals surface area contributed by atoms with Gasteiger partial charge in [0.2, 0.25) is 0 Å². The summed E-state index contributed by atoms with van der Waals surface area (Å²) in [5.41, 5.74) is 0.0437. The average molecular weight is 351 g/mol. The summed E-state index contributed by atoms with van der Waals surface area (Å²) in [6.07, 6.45) is 4.53. The third kappa shape index (κ3) is 3.79. The molecule has 140 valence electrons. The van der Waals surface area contributed by atoms with Crippen LogP contribution in [0.4, 0.5) is 4.79 Å². The van der Waals surface area contributed by atoms with Crippen LogP contribution in [0.3, 0.4) is 0 Å². The van der Waals surface area contributed by atoms with E-state index in [9.17, 15) is 4.79 Å². The number of aryl methyl sites for hydroxylation is 1. The first-order valence-corrected chi connectivity index (χ1v) is 9.17. The molecule has 8 nitrogen and oxygen atoms in total. The van der Waals surface area contributed by atoms with E-state index in [-0.39, 0.29) is 17.4 Å². The van der Waals surface area contributed by atoms with Gasteiger partial charge >= 0.3 is 6.03 Å². The van der Waals surface area contributed by atoms with Crippen LogP contribution in [0.1, 0.15) is 37.9 Å². The Bertz CT molecular complexity index is 570. The van der Waals surface area contributed by atoms with Gasteiger partial charge in [0.05, 0.1) is 0 Å². The third-order valence-electron chi connectivity index (χ3n) is 5.52. The summed E-state index contributed by atoms with van der Waals surface area (Å²) in [4.78, 5) is 14.5. The molecule has 1 aromatic rings. The summed E-state index contributed by atoms with van der Waals surface area (Å²) in [6.45, 7) is 7.18. The molecule has 1 atom stereocenters. The Balaban J connectivity index is 1.73. The molecule has 1 unspecified atom stereocenters. The van der Waals surface area contributed by atoms with E-state index in [4.69, 9.17) is 9.47 Å². The first kappa shape index (κ1) is 18.1. The van der Waals surface area contributed by atoms with E-state index in [0.29, 0.717) is 19.7 Å². The van der Waals surface area contributed by atoms with Gasteiger partial charge in [-0.1, -0.05) is 0 Å². The molecule has 8 heteroatoms. The lowest BCUT2D eigenvalue weighted by Gasteiger charge is -2.37. The zero-order valence-corrected chi connectivity index (χ0v) is 15.2. The number of urea groups is 1. The Morgan fingerprint density at radius 2 is 2.28 bits per heavy atom. The Kier molecular flexibility index (Phi) is 5.90. The second-order valence-electron chi connectivity index (χ2n) is 6.96. The first-order chi connectivity index (χ1) is 12.2. The molecule has 2 aliphatic rings. The second kappa shape index (κ2) is 8.14. The van der Waals surface area contributed by atoms with Crippen molar-refractivity contribution in [2.75, 3.05) is 46.6 Å². The smallest absolute Gasteiger partial charge is 0.317 e. The highest BCUT2D eigenvalue weighted by Crippen LogP contribution is 2.48. The molecule has 0 saturated carbocycles. The Morgan fingerprint density at radius 1 is 1.48 bits per heavy atom. The van der Waals surface area contributed by atoms with Gasteiger partial charge in [0.15, 0.2) is 0 Å². The van der Waals surface area contributed by atoms with Crippen molar-refractivity contribution in [3.05, 3.63) is 12.2 Å². The lowest BCUT2D eigenvalue weighted by Crippen LogP contribution is -2.41. The number of nitrogens with one attached hydrogen (secondary N) is 1. The van der Waals surface area contributed by atoms with Crippen molar-refractivity contribution in [1.29, 1.82) is 0 Å². The molecule has 0 radical (unpaired) electrons. The Labute approximate surface area is 148 Å². The number of likely N-dealkylation sites (tertiary alicyclic amines) is 1. The summed E-state index contributed by atoms with van der Waals surface area (Å²) >= 11 is 0. The number of carbonyl (C=O) groups excluding carboxylic acids is 1. The largest absolute Gasteiger partial charge is 0.385 e. The lowest BCUT2D eigenvalue weighted by atomic mass is 9.71. The molecule has 1 N–H and O–H groups in total. The van der Waals surface area contributed by atoms with Crippen LogP contribution in [-0.2, 0) is 16.0 Å². The fourth-order valence-electron chi connectivity index (χ4n) is 4.06. The molecule has 1 aromatic heterocycles. The maximum Gasteiger partial charge on any atom is 0.317 e. The number of aromatic nitrogens is 3. The normalized spacial score (nSPS) is 22.5. The van der Waals surface area contributed by atoms with Crippen molar-refractivity contribution in [3.63, 3.8) is 0 Å². The van der Waals surface area contributed by atoms with Crippen LogP contribution in [0, 0.1) is 5.41 Å². The highest BCUT2D eigenvalue weighted by molar-refractivity contribution is 5.74. The lowest BCUT2D eigenvalue weighted by molar-refractivity contribution is 0.0119. The molecule has 2 saturated heterocycles.